The molecule has 0 bridgehead atoms. The summed E-state index contributed by atoms with van der Waals surface area (Å²) in [5.74, 6) is -0.402. The fourth-order valence-electron chi connectivity index (χ4n) is 2.60. The third-order valence-corrected chi connectivity index (χ3v) is 3.86. The van der Waals surface area contributed by atoms with Crippen LogP contribution in [0.1, 0.15) is 16.7 Å². The van der Waals surface area contributed by atoms with Gasteiger partial charge in [-0.1, -0.05) is 30.3 Å². The number of carbonyl (C=O) groups excluding carboxylic acids is 1. The van der Waals surface area contributed by atoms with Gasteiger partial charge in [-0.2, -0.15) is 0 Å². The van der Waals surface area contributed by atoms with E-state index >= 15 is 0 Å². The van der Waals surface area contributed by atoms with Gasteiger partial charge in [-0.15, -0.1) is 0 Å². The van der Waals surface area contributed by atoms with Crippen LogP contribution in [0.2, 0.25) is 0 Å². The van der Waals surface area contributed by atoms with Crippen molar-refractivity contribution in [2.75, 3.05) is 20.3 Å². The van der Waals surface area contributed by atoms with Crippen LogP contribution in [0.4, 0.5) is 0 Å². The van der Waals surface area contributed by atoms with E-state index in [-0.39, 0.29) is 38.5 Å². The van der Waals surface area contributed by atoms with Crippen LogP contribution < -0.4 is 14.8 Å². The lowest BCUT2D eigenvalue weighted by Crippen LogP contribution is -2.25. The van der Waals surface area contributed by atoms with E-state index in [1.807, 2.05) is 30.3 Å². The lowest BCUT2D eigenvalue weighted by Gasteiger charge is -2.16. The maximum absolute atomic E-state index is 12.2. The smallest absolute Gasteiger partial charge is 0.307 e. The number of aliphatic hydroxyl groups excluding tert-OH is 1. The molecular weight excluding hydrogens is 350 g/mol. The first-order chi connectivity index (χ1) is 13.0. The lowest BCUT2D eigenvalue weighted by atomic mass is 10.0. The molecule has 0 radical (unpaired) electrons. The highest BCUT2D eigenvalue weighted by molar-refractivity contribution is 5.78. The van der Waals surface area contributed by atoms with Gasteiger partial charge in [0.15, 0.2) is 11.5 Å². The van der Waals surface area contributed by atoms with Gasteiger partial charge < -0.3 is 25.0 Å². The summed E-state index contributed by atoms with van der Waals surface area (Å²) in [5, 5.41) is 20.9. The number of carbonyl (C=O) groups is 2. The number of methoxy groups -OCH3 is 1. The Morgan fingerprint density at radius 1 is 1.04 bits per heavy atom. The van der Waals surface area contributed by atoms with Crippen LogP contribution >= 0.6 is 0 Å². The average molecular weight is 373 g/mol. The maximum atomic E-state index is 12.2. The average Bonchev–Trinajstić information content (AvgIpc) is 2.65. The molecule has 0 aliphatic heterocycles. The second kappa shape index (κ2) is 10.2. The molecule has 0 saturated heterocycles. The first-order valence-corrected chi connectivity index (χ1v) is 8.49. The number of aliphatic carboxylic acids is 1. The van der Waals surface area contributed by atoms with Crippen molar-refractivity contribution in [2.45, 2.75) is 19.4 Å². The van der Waals surface area contributed by atoms with Crippen LogP contribution in [0.25, 0.3) is 0 Å². The minimum absolute atomic E-state index is 0.0778. The van der Waals surface area contributed by atoms with Crippen molar-refractivity contribution in [1.29, 1.82) is 0 Å². The van der Waals surface area contributed by atoms with Crippen LogP contribution in [-0.4, -0.2) is 42.4 Å². The SMILES string of the molecule is COc1cc(CC(=O)O)c(CNC(=O)Cc2ccccc2)cc1OCCO. The lowest BCUT2D eigenvalue weighted by molar-refractivity contribution is -0.136. The topological polar surface area (TPSA) is 105 Å². The molecule has 27 heavy (non-hydrogen) atoms. The summed E-state index contributed by atoms with van der Waals surface area (Å²) in [6, 6.07) is 12.6. The number of benzene rings is 2. The van der Waals surface area contributed by atoms with Crippen LogP contribution in [0.15, 0.2) is 42.5 Å². The highest BCUT2D eigenvalue weighted by Gasteiger charge is 2.15. The van der Waals surface area contributed by atoms with E-state index in [0.29, 0.717) is 22.6 Å². The molecule has 7 nitrogen and oxygen atoms in total. The van der Waals surface area contributed by atoms with E-state index in [9.17, 15) is 9.59 Å². The number of aliphatic hydroxyl groups is 1. The number of carboxylic acids is 1. The largest absolute Gasteiger partial charge is 0.493 e. The molecule has 1 amide bonds. The summed E-state index contributed by atoms with van der Waals surface area (Å²) >= 11 is 0. The molecule has 0 saturated carbocycles. The van der Waals surface area contributed by atoms with Crippen LogP contribution in [0, 0.1) is 0 Å². The fourth-order valence-corrected chi connectivity index (χ4v) is 2.60. The Kier molecular flexibility index (Phi) is 7.63. The number of hydrogen-bond donors (Lipinski definition) is 3. The summed E-state index contributed by atoms with van der Waals surface area (Å²) < 4.78 is 10.7. The van der Waals surface area contributed by atoms with Crippen LogP contribution in [0.3, 0.4) is 0 Å². The Labute approximate surface area is 157 Å². The summed E-state index contributed by atoms with van der Waals surface area (Å²) in [7, 11) is 1.45. The fraction of sp³-hybridized carbons (Fsp3) is 0.300. The van der Waals surface area contributed by atoms with E-state index in [1.54, 1.807) is 12.1 Å². The molecule has 7 heteroatoms. The molecular formula is C20H23NO6. The van der Waals surface area contributed by atoms with E-state index < -0.39 is 5.97 Å². The van der Waals surface area contributed by atoms with Gasteiger partial charge in [0.2, 0.25) is 5.91 Å². The second-order valence-corrected chi connectivity index (χ2v) is 5.85. The van der Waals surface area contributed by atoms with Crippen LogP contribution in [-0.2, 0) is 29.0 Å². The number of ether oxygens (including phenoxy) is 2. The zero-order valence-corrected chi connectivity index (χ0v) is 15.1. The predicted molar refractivity (Wildman–Crippen MR) is 98.9 cm³/mol. The van der Waals surface area contributed by atoms with Crippen molar-refractivity contribution < 1.29 is 29.3 Å². The van der Waals surface area contributed by atoms with Crippen molar-refractivity contribution in [1.82, 2.24) is 5.32 Å². The normalized spacial score (nSPS) is 10.3. The standard InChI is InChI=1S/C20H23NO6/c1-26-17-10-15(12-20(24)25)16(11-18(17)27-8-7-22)13-21-19(23)9-14-5-3-2-4-6-14/h2-6,10-11,22H,7-9,12-13H2,1H3,(H,21,23)(H,24,25). The second-order valence-electron chi connectivity index (χ2n) is 5.85. The summed E-state index contributed by atoms with van der Waals surface area (Å²) in [6.45, 7) is 0.0748. The van der Waals surface area contributed by atoms with E-state index in [0.717, 1.165) is 5.56 Å². The molecule has 0 spiro atoms. The van der Waals surface area contributed by atoms with E-state index in [1.165, 1.54) is 7.11 Å². The minimum atomic E-state index is -0.988. The number of carboxylic acid groups (broad SMARTS) is 1. The number of nitrogens with one attached hydrogen (secondary N) is 1. The number of hydrogen-bond acceptors (Lipinski definition) is 5. The molecule has 0 heterocycles. The molecule has 0 aliphatic rings. The molecule has 0 atom stereocenters. The quantitative estimate of drug-likeness (QED) is 0.584. The van der Waals surface area contributed by atoms with E-state index in [2.05, 4.69) is 5.32 Å². The van der Waals surface area contributed by atoms with Crippen molar-refractivity contribution in [2.24, 2.45) is 0 Å². The summed E-state index contributed by atoms with van der Waals surface area (Å²) in [5.41, 5.74) is 2.03. The first-order valence-electron chi connectivity index (χ1n) is 8.49. The first kappa shape index (κ1) is 20.3. The Morgan fingerprint density at radius 2 is 1.74 bits per heavy atom. The zero-order chi connectivity index (χ0) is 19.6. The maximum Gasteiger partial charge on any atom is 0.307 e. The summed E-state index contributed by atoms with van der Waals surface area (Å²) in [4.78, 5) is 23.3. The van der Waals surface area contributed by atoms with Gasteiger partial charge in [0.1, 0.15) is 6.61 Å². The van der Waals surface area contributed by atoms with Gasteiger partial charge in [-0.25, -0.2) is 0 Å². The van der Waals surface area contributed by atoms with Crippen molar-refractivity contribution in [3.05, 3.63) is 59.2 Å². The predicted octanol–water partition coefficient (Wildman–Crippen LogP) is 1.55. The van der Waals surface area contributed by atoms with Crippen molar-refractivity contribution in [3.63, 3.8) is 0 Å². The molecule has 2 aromatic carbocycles. The van der Waals surface area contributed by atoms with Gasteiger partial charge in [0.05, 0.1) is 26.6 Å². The molecule has 0 aliphatic carbocycles. The van der Waals surface area contributed by atoms with Gasteiger partial charge in [0, 0.05) is 6.54 Å². The molecule has 0 unspecified atom stereocenters. The third-order valence-electron chi connectivity index (χ3n) is 3.86. The van der Waals surface area contributed by atoms with Crippen molar-refractivity contribution >= 4 is 11.9 Å². The Balaban J connectivity index is 2.16. The number of rotatable bonds is 10. The third kappa shape index (κ3) is 6.31. The molecule has 144 valence electrons. The van der Waals surface area contributed by atoms with Gasteiger partial charge >= 0.3 is 5.97 Å². The monoisotopic (exact) mass is 373 g/mol. The minimum Gasteiger partial charge on any atom is -0.493 e. The van der Waals surface area contributed by atoms with Crippen molar-refractivity contribution in [3.8, 4) is 11.5 Å². The molecule has 3 N–H and O–H groups in total. The highest BCUT2D eigenvalue weighted by atomic mass is 16.5. The van der Waals surface area contributed by atoms with E-state index in [4.69, 9.17) is 19.7 Å². The van der Waals surface area contributed by atoms with Crippen LogP contribution in [0.5, 0.6) is 11.5 Å². The van der Waals surface area contributed by atoms with Gasteiger partial charge in [-0.3, -0.25) is 9.59 Å². The highest BCUT2D eigenvalue weighted by Crippen LogP contribution is 2.31. The number of amides is 1. The Bertz CT molecular complexity index is 776. The molecule has 2 rings (SSSR count). The summed E-state index contributed by atoms with van der Waals surface area (Å²) in [6.07, 6.45) is 0.0274. The Hall–Kier alpha value is -3.06. The molecule has 0 aromatic heterocycles. The Morgan fingerprint density at radius 3 is 2.37 bits per heavy atom. The van der Waals surface area contributed by atoms with Gasteiger partial charge in [-0.05, 0) is 28.8 Å². The zero-order valence-electron chi connectivity index (χ0n) is 15.1. The molecule has 0 fully saturated rings. The molecule has 2 aromatic rings. The van der Waals surface area contributed by atoms with Gasteiger partial charge in [0.25, 0.3) is 0 Å².